The van der Waals surface area contributed by atoms with Crippen molar-refractivity contribution in [2.24, 2.45) is 0 Å². The predicted molar refractivity (Wildman–Crippen MR) is 64.9 cm³/mol. The third-order valence-electron chi connectivity index (χ3n) is 2.66. The van der Waals surface area contributed by atoms with Gasteiger partial charge >= 0.3 is 0 Å². The Morgan fingerprint density at radius 2 is 2.19 bits per heavy atom. The number of rotatable bonds is 4. The van der Waals surface area contributed by atoms with Crippen molar-refractivity contribution in [3.8, 4) is 0 Å². The van der Waals surface area contributed by atoms with Gasteiger partial charge in [-0.1, -0.05) is 6.92 Å². The second-order valence-corrected chi connectivity index (χ2v) is 5.07. The first-order valence-electron chi connectivity index (χ1n) is 5.42. The zero-order valence-electron chi connectivity index (χ0n) is 10.1. The summed E-state index contributed by atoms with van der Waals surface area (Å²) < 4.78 is 5.37. The molecule has 1 aromatic rings. The molecular weight excluding hydrogens is 226 g/mol. The van der Waals surface area contributed by atoms with Crippen molar-refractivity contribution in [2.45, 2.75) is 45.0 Å². The lowest BCUT2D eigenvalue weighted by Crippen LogP contribution is -2.48. The van der Waals surface area contributed by atoms with Crippen molar-refractivity contribution in [2.75, 3.05) is 0 Å². The summed E-state index contributed by atoms with van der Waals surface area (Å²) in [4.78, 5) is 11.8. The maximum Gasteiger partial charge on any atom is 0.287 e. The van der Waals surface area contributed by atoms with Crippen LogP contribution in [0.3, 0.4) is 0 Å². The molecule has 0 aliphatic heterocycles. The Balaban J connectivity index is 2.72. The van der Waals surface area contributed by atoms with Gasteiger partial charge in [-0.05, 0) is 32.9 Å². The second kappa shape index (κ2) is 4.91. The van der Waals surface area contributed by atoms with E-state index in [0.29, 0.717) is 5.76 Å². The highest BCUT2D eigenvalue weighted by Gasteiger charge is 2.27. The fourth-order valence-corrected chi connectivity index (χ4v) is 1.20. The van der Waals surface area contributed by atoms with E-state index in [0.717, 1.165) is 12.2 Å². The van der Waals surface area contributed by atoms with E-state index in [1.54, 1.807) is 6.07 Å². The zero-order chi connectivity index (χ0) is 12.3. The van der Waals surface area contributed by atoms with Crippen LogP contribution >= 0.6 is 11.6 Å². The molecule has 0 radical (unpaired) electrons. The molecule has 0 fully saturated rings. The average molecular weight is 244 g/mol. The fourth-order valence-electron chi connectivity index (χ4n) is 1.14. The van der Waals surface area contributed by atoms with Gasteiger partial charge in [0.2, 0.25) is 0 Å². The zero-order valence-corrected chi connectivity index (χ0v) is 10.9. The number of hydrogen-bond donors (Lipinski definition) is 1. The van der Waals surface area contributed by atoms with Gasteiger partial charge in [-0.2, -0.15) is 0 Å². The average Bonchev–Trinajstić information content (AvgIpc) is 2.64. The van der Waals surface area contributed by atoms with E-state index in [1.807, 2.05) is 33.8 Å². The van der Waals surface area contributed by atoms with Gasteiger partial charge in [-0.3, -0.25) is 4.79 Å². The molecule has 1 unspecified atom stereocenters. The number of halogens is 1. The van der Waals surface area contributed by atoms with E-state index in [4.69, 9.17) is 16.0 Å². The Kier molecular flexibility index (Phi) is 4.03. The molecule has 0 saturated heterocycles. The lowest BCUT2D eigenvalue weighted by molar-refractivity contribution is 0.0882. The normalized spacial score (nSPS) is 13.6. The molecule has 1 N–H and O–H groups in total. The minimum Gasteiger partial charge on any atom is -0.456 e. The van der Waals surface area contributed by atoms with Gasteiger partial charge in [0, 0.05) is 6.42 Å². The van der Waals surface area contributed by atoms with E-state index in [1.165, 1.54) is 0 Å². The summed E-state index contributed by atoms with van der Waals surface area (Å²) in [6.07, 6.45) is 0.780. The van der Waals surface area contributed by atoms with Crippen LogP contribution in [0.4, 0.5) is 0 Å². The SMILES string of the molecule is CCc1ccc(C(=O)NC(C)(C)C(C)Cl)o1. The third kappa shape index (κ3) is 3.01. The van der Waals surface area contributed by atoms with Crippen molar-refractivity contribution < 1.29 is 9.21 Å². The summed E-state index contributed by atoms with van der Waals surface area (Å²) in [5, 5.41) is 2.69. The lowest BCUT2D eigenvalue weighted by Gasteiger charge is -2.28. The molecule has 0 spiro atoms. The molecule has 1 aromatic heterocycles. The van der Waals surface area contributed by atoms with E-state index in [2.05, 4.69) is 5.32 Å². The number of alkyl halides is 1. The van der Waals surface area contributed by atoms with Gasteiger partial charge in [-0.15, -0.1) is 11.6 Å². The Morgan fingerprint density at radius 1 is 1.56 bits per heavy atom. The van der Waals surface area contributed by atoms with Gasteiger partial charge in [-0.25, -0.2) is 0 Å². The fraction of sp³-hybridized carbons (Fsp3) is 0.583. The predicted octanol–water partition coefficient (Wildman–Crippen LogP) is 2.98. The molecule has 90 valence electrons. The largest absolute Gasteiger partial charge is 0.456 e. The molecule has 4 heteroatoms. The number of nitrogens with one attached hydrogen (secondary N) is 1. The van der Waals surface area contributed by atoms with Crippen LogP contribution in [-0.4, -0.2) is 16.8 Å². The minimum atomic E-state index is -0.461. The van der Waals surface area contributed by atoms with Crippen LogP contribution in [0, 0.1) is 0 Å². The van der Waals surface area contributed by atoms with E-state index in [-0.39, 0.29) is 11.3 Å². The standard InChI is InChI=1S/C12H18ClNO2/c1-5-9-6-7-10(16-9)11(15)14-12(3,4)8(2)13/h6-8H,5H2,1-4H3,(H,14,15). The summed E-state index contributed by atoms with van der Waals surface area (Å²) in [6, 6.07) is 3.50. The maximum atomic E-state index is 11.8. The number of aryl methyl sites for hydroxylation is 1. The van der Waals surface area contributed by atoms with Crippen molar-refractivity contribution in [1.29, 1.82) is 0 Å². The molecule has 0 bridgehead atoms. The van der Waals surface area contributed by atoms with E-state index >= 15 is 0 Å². The first-order chi connectivity index (χ1) is 7.36. The van der Waals surface area contributed by atoms with Gasteiger partial charge in [0.1, 0.15) is 5.76 Å². The van der Waals surface area contributed by atoms with Crippen LogP contribution in [-0.2, 0) is 6.42 Å². The topological polar surface area (TPSA) is 42.2 Å². The number of amides is 1. The van der Waals surface area contributed by atoms with Crippen molar-refractivity contribution >= 4 is 17.5 Å². The highest BCUT2D eigenvalue weighted by molar-refractivity contribution is 6.21. The van der Waals surface area contributed by atoms with Crippen LogP contribution in [0.2, 0.25) is 0 Å². The lowest BCUT2D eigenvalue weighted by atomic mass is 10.0. The van der Waals surface area contributed by atoms with Gasteiger partial charge in [0.25, 0.3) is 5.91 Å². The molecule has 1 amide bonds. The van der Waals surface area contributed by atoms with E-state index in [9.17, 15) is 4.79 Å². The van der Waals surface area contributed by atoms with Crippen LogP contribution < -0.4 is 5.32 Å². The van der Waals surface area contributed by atoms with Gasteiger partial charge in [0.15, 0.2) is 5.76 Å². The molecule has 0 aromatic carbocycles. The van der Waals surface area contributed by atoms with Crippen LogP contribution in [0.1, 0.15) is 44.0 Å². The first-order valence-corrected chi connectivity index (χ1v) is 5.85. The van der Waals surface area contributed by atoms with Gasteiger partial charge < -0.3 is 9.73 Å². The summed E-state index contributed by atoms with van der Waals surface area (Å²) in [6.45, 7) is 7.59. The number of hydrogen-bond acceptors (Lipinski definition) is 2. The van der Waals surface area contributed by atoms with Crippen LogP contribution in [0.15, 0.2) is 16.5 Å². The Labute approximate surface area is 101 Å². The number of furan rings is 1. The van der Waals surface area contributed by atoms with Crippen LogP contribution in [0.25, 0.3) is 0 Å². The molecule has 1 heterocycles. The molecule has 1 rings (SSSR count). The molecule has 16 heavy (non-hydrogen) atoms. The summed E-state index contributed by atoms with van der Waals surface area (Å²) in [5.41, 5.74) is -0.461. The first kappa shape index (κ1) is 13.1. The molecule has 0 aliphatic rings. The summed E-state index contributed by atoms with van der Waals surface area (Å²) in [7, 11) is 0. The summed E-state index contributed by atoms with van der Waals surface area (Å²) >= 11 is 5.99. The minimum absolute atomic E-state index is 0.156. The highest BCUT2D eigenvalue weighted by Crippen LogP contribution is 2.16. The summed E-state index contributed by atoms with van der Waals surface area (Å²) in [5.74, 6) is 0.918. The monoisotopic (exact) mass is 243 g/mol. The smallest absolute Gasteiger partial charge is 0.287 e. The maximum absolute atomic E-state index is 11.8. The van der Waals surface area contributed by atoms with Crippen molar-refractivity contribution in [3.63, 3.8) is 0 Å². The third-order valence-corrected chi connectivity index (χ3v) is 3.21. The van der Waals surface area contributed by atoms with Crippen molar-refractivity contribution in [3.05, 3.63) is 23.7 Å². The Morgan fingerprint density at radius 3 is 2.62 bits per heavy atom. The van der Waals surface area contributed by atoms with Crippen LogP contribution in [0.5, 0.6) is 0 Å². The molecule has 0 aliphatic carbocycles. The Bertz CT molecular complexity index is 369. The van der Waals surface area contributed by atoms with Crippen molar-refractivity contribution in [1.82, 2.24) is 5.32 Å². The number of carbonyl (C=O) groups excluding carboxylic acids is 1. The number of carbonyl (C=O) groups is 1. The quantitative estimate of drug-likeness (QED) is 0.827. The van der Waals surface area contributed by atoms with Gasteiger partial charge in [0.05, 0.1) is 10.9 Å². The highest BCUT2D eigenvalue weighted by atomic mass is 35.5. The Hall–Kier alpha value is -0.960. The molecule has 1 atom stereocenters. The molecule has 3 nitrogen and oxygen atoms in total. The second-order valence-electron chi connectivity index (χ2n) is 4.41. The van der Waals surface area contributed by atoms with E-state index < -0.39 is 5.54 Å². The molecular formula is C12H18ClNO2. The molecule has 0 saturated carbocycles.